The van der Waals surface area contributed by atoms with Crippen LogP contribution in [0.5, 0.6) is 0 Å². The van der Waals surface area contributed by atoms with Crippen LogP contribution in [0.4, 0.5) is 5.00 Å². The van der Waals surface area contributed by atoms with Crippen LogP contribution in [0.15, 0.2) is 30.3 Å². The fraction of sp³-hybridized carbons (Fsp3) is 0.560. The molecule has 0 radical (unpaired) electrons. The lowest BCUT2D eigenvalue weighted by atomic mass is 9.83. The Kier molecular flexibility index (Phi) is 9.73. The Bertz CT molecular complexity index is 992. The lowest BCUT2D eigenvalue weighted by molar-refractivity contribution is -0.132. The van der Waals surface area contributed by atoms with Crippen LogP contribution in [0.3, 0.4) is 0 Å². The van der Waals surface area contributed by atoms with E-state index in [0.717, 1.165) is 49.2 Å². The number of hydrogen-bond acceptors (Lipinski definition) is 7. The average Bonchev–Trinajstić information content (AvgIpc) is 3.34. The Morgan fingerprint density at radius 2 is 1.63 bits per heavy atom. The fourth-order valence-corrected chi connectivity index (χ4v) is 4.82. The van der Waals surface area contributed by atoms with Crippen LogP contribution in [-0.2, 0) is 14.4 Å². The second-order valence-electron chi connectivity index (χ2n) is 9.29. The summed E-state index contributed by atoms with van der Waals surface area (Å²) in [5.74, 6) is -1.11. The molecule has 10 heteroatoms. The number of nitrogens with zero attached hydrogens (tertiary/aromatic N) is 2. The highest BCUT2D eigenvalue weighted by atomic mass is 32.1. The lowest BCUT2D eigenvalue weighted by Crippen LogP contribution is -2.57. The molecule has 1 aliphatic rings. The molecule has 1 saturated carbocycles. The molecule has 1 aromatic heterocycles. The summed E-state index contributed by atoms with van der Waals surface area (Å²) in [4.78, 5) is 38.8. The normalized spacial score (nSPS) is 17.6. The van der Waals surface area contributed by atoms with E-state index >= 15 is 0 Å². The van der Waals surface area contributed by atoms with E-state index in [9.17, 15) is 14.4 Å². The van der Waals surface area contributed by atoms with Crippen LogP contribution in [0.2, 0.25) is 0 Å². The van der Waals surface area contributed by atoms with Gasteiger partial charge in [0.05, 0.1) is 12.0 Å². The lowest BCUT2D eigenvalue weighted by Gasteiger charge is -2.32. The molecule has 0 saturated heterocycles. The van der Waals surface area contributed by atoms with Crippen molar-refractivity contribution in [2.45, 2.75) is 71.0 Å². The number of carbonyl (C=O) groups is 3. The topological polar surface area (TPSA) is 125 Å². The molecule has 0 aliphatic heterocycles. The molecule has 35 heavy (non-hydrogen) atoms. The van der Waals surface area contributed by atoms with Gasteiger partial charge in [0.15, 0.2) is 0 Å². The maximum Gasteiger partial charge on any atom is 0.243 e. The summed E-state index contributed by atoms with van der Waals surface area (Å²) in [6.07, 6.45) is 5.05. The summed E-state index contributed by atoms with van der Waals surface area (Å²) in [5.41, 5.74) is 1.49. The number of nitrogens with one attached hydrogen (secondary N) is 4. The summed E-state index contributed by atoms with van der Waals surface area (Å²) in [7, 11) is 1.71. The molecule has 0 bridgehead atoms. The van der Waals surface area contributed by atoms with Crippen LogP contribution in [-0.4, -0.2) is 52.5 Å². The van der Waals surface area contributed by atoms with Crippen LogP contribution >= 0.6 is 11.5 Å². The van der Waals surface area contributed by atoms with Gasteiger partial charge in [0, 0.05) is 23.1 Å². The molecule has 1 aromatic carbocycles. The molecule has 2 aromatic rings. The maximum absolute atomic E-state index is 13.3. The highest BCUT2D eigenvalue weighted by molar-refractivity contribution is 7.10. The Hall–Kier alpha value is -2.85. The molecular formula is C25H36N6O3S. The van der Waals surface area contributed by atoms with Gasteiger partial charge in [-0.2, -0.15) is 0 Å². The fourth-order valence-electron chi connectivity index (χ4n) is 4.22. The number of benzene rings is 1. The molecule has 0 spiro atoms. The van der Waals surface area contributed by atoms with Gasteiger partial charge in [0.2, 0.25) is 17.7 Å². The maximum atomic E-state index is 13.3. The van der Waals surface area contributed by atoms with Crippen molar-refractivity contribution in [3.05, 3.63) is 30.3 Å². The summed E-state index contributed by atoms with van der Waals surface area (Å²) >= 11 is 1.12. The number of hydrogen-bond donors (Lipinski definition) is 4. The first-order chi connectivity index (χ1) is 16.8. The van der Waals surface area contributed by atoms with Gasteiger partial charge >= 0.3 is 0 Å². The summed E-state index contributed by atoms with van der Waals surface area (Å²) < 4.78 is 3.99. The van der Waals surface area contributed by atoms with E-state index in [1.54, 1.807) is 27.8 Å². The van der Waals surface area contributed by atoms with E-state index in [0.29, 0.717) is 10.7 Å². The van der Waals surface area contributed by atoms with Gasteiger partial charge in [-0.05, 0) is 39.7 Å². The summed E-state index contributed by atoms with van der Waals surface area (Å²) in [5, 5.41) is 16.5. The first-order valence-corrected chi connectivity index (χ1v) is 13.1. The van der Waals surface area contributed by atoms with Gasteiger partial charge < -0.3 is 21.3 Å². The van der Waals surface area contributed by atoms with Crippen molar-refractivity contribution in [3.63, 3.8) is 0 Å². The van der Waals surface area contributed by atoms with Crippen molar-refractivity contribution in [1.82, 2.24) is 25.5 Å². The van der Waals surface area contributed by atoms with E-state index in [1.165, 1.54) is 0 Å². The molecular weight excluding hydrogens is 464 g/mol. The van der Waals surface area contributed by atoms with Gasteiger partial charge in [0.1, 0.15) is 16.7 Å². The molecule has 3 rings (SSSR count). The van der Waals surface area contributed by atoms with Gasteiger partial charge in [-0.25, -0.2) is 0 Å². The average molecular weight is 501 g/mol. The van der Waals surface area contributed by atoms with Gasteiger partial charge in [-0.1, -0.05) is 61.0 Å². The zero-order valence-electron chi connectivity index (χ0n) is 20.8. The predicted molar refractivity (Wildman–Crippen MR) is 138 cm³/mol. The molecule has 2 unspecified atom stereocenters. The predicted octanol–water partition coefficient (Wildman–Crippen LogP) is 2.96. The third-order valence-electron chi connectivity index (χ3n) is 6.83. The molecule has 3 amide bonds. The smallest absolute Gasteiger partial charge is 0.243 e. The molecule has 190 valence electrons. The number of aromatic nitrogens is 2. The standard InChI is InChI=1S/C25H36N6O3S/c1-15(22(32)29-25-21(30-31-35-25)19-13-9-6-10-14-19)16(2)27-24(34)20(18-11-7-5-8-12-18)28-23(33)17(3)26-4/h6,9-10,13-18,20,26H,5,7-8,11-12H2,1-4H3,(H,27,34)(H,28,33)(H,29,32)/t15?,16?,17-,20-/m0/s1. The van der Waals surface area contributed by atoms with Crippen LogP contribution in [0.1, 0.15) is 52.9 Å². The minimum absolute atomic E-state index is 0.0878. The number of rotatable bonds is 10. The number of anilines is 1. The second kappa shape index (κ2) is 12.7. The Balaban J connectivity index is 1.64. The Labute approximate surface area is 211 Å². The third-order valence-corrected chi connectivity index (χ3v) is 7.47. The van der Waals surface area contributed by atoms with E-state index in [-0.39, 0.29) is 23.6 Å². The Morgan fingerprint density at radius 1 is 0.943 bits per heavy atom. The van der Waals surface area contributed by atoms with Crippen LogP contribution in [0, 0.1) is 11.8 Å². The van der Waals surface area contributed by atoms with Crippen LogP contribution in [0.25, 0.3) is 11.3 Å². The second-order valence-corrected chi connectivity index (χ2v) is 10.0. The van der Waals surface area contributed by atoms with Crippen molar-refractivity contribution in [2.75, 3.05) is 12.4 Å². The van der Waals surface area contributed by atoms with Crippen molar-refractivity contribution in [1.29, 1.82) is 0 Å². The Morgan fingerprint density at radius 3 is 2.29 bits per heavy atom. The van der Waals surface area contributed by atoms with Gasteiger partial charge in [-0.3, -0.25) is 14.4 Å². The number of likely N-dealkylation sites (N-methyl/N-ethyl adjacent to an activating group) is 1. The first-order valence-electron chi connectivity index (χ1n) is 12.3. The molecule has 1 fully saturated rings. The van der Waals surface area contributed by atoms with Crippen LogP contribution < -0.4 is 21.3 Å². The SMILES string of the molecule is CN[C@@H](C)C(=O)N[C@H](C(=O)NC(C)C(C)C(=O)Nc1snnc1-c1ccccc1)C1CCCCC1. The van der Waals surface area contributed by atoms with Crippen molar-refractivity contribution < 1.29 is 14.4 Å². The minimum atomic E-state index is -0.619. The van der Waals surface area contributed by atoms with Gasteiger partial charge in [-0.15, -0.1) is 5.10 Å². The monoisotopic (exact) mass is 500 g/mol. The molecule has 1 heterocycles. The van der Waals surface area contributed by atoms with E-state index < -0.39 is 24.0 Å². The number of amides is 3. The van der Waals surface area contributed by atoms with Gasteiger partial charge in [0.25, 0.3) is 0 Å². The summed E-state index contributed by atoms with van der Waals surface area (Å²) in [6.45, 7) is 5.34. The molecule has 1 aliphatic carbocycles. The zero-order chi connectivity index (χ0) is 25.4. The van der Waals surface area contributed by atoms with Crippen molar-refractivity contribution in [3.8, 4) is 11.3 Å². The third kappa shape index (κ3) is 7.08. The first kappa shape index (κ1) is 26.7. The molecule has 9 nitrogen and oxygen atoms in total. The highest BCUT2D eigenvalue weighted by Crippen LogP contribution is 2.29. The summed E-state index contributed by atoms with van der Waals surface area (Å²) in [6, 6.07) is 8.08. The van der Waals surface area contributed by atoms with E-state index in [4.69, 9.17) is 0 Å². The van der Waals surface area contributed by atoms with E-state index in [1.807, 2.05) is 30.3 Å². The number of carbonyl (C=O) groups excluding carboxylic acids is 3. The quantitative estimate of drug-likeness (QED) is 0.398. The zero-order valence-corrected chi connectivity index (χ0v) is 21.7. The van der Waals surface area contributed by atoms with Crippen molar-refractivity contribution >= 4 is 34.3 Å². The molecule has 4 N–H and O–H groups in total. The molecule has 4 atom stereocenters. The highest BCUT2D eigenvalue weighted by Gasteiger charge is 2.34. The van der Waals surface area contributed by atoms with Crippen molar-refractivity contribution in [2.24, 2.45) is 11.8 Å². The minimum Gasteiger partial charge on any atom is -0.351 e. The largest absolute Gasteiger partial charge is 0.351 e. The van der Waals surface area contributed by atoms with E-state index in [2.05, 4.69) is 30.9 Å².